The van der Waals surface area contributed by atoms with Crippen LogP contribution in [0.3, 0.4) is 0 Å². The van der Waals surface area contributed by atoms with Gasteiger partial charge in [0.1, 0.15) is 0 Å². The largest absolute Gasteiger partial charge is 0.294 e. The van der Waals surface area contributed by atoms with Crippen molar-refractivity contribution in [1.29, 1.82) is 0 Å². The maximum absolute atomic E-state index is 4.32. The van der Waals surface area contributed by atoms with Gasteiger partial charge in [-0.3, -0.25) is 4.99 Å². The smallest absolute Gasteiger partial charge is 0.0495 e. The molecule has 0 heterocycles. The molecule has 1 nitrogen and oxygen atoms in total. The highest BCUT2D eigenvalue weighted by molar-refractivity contribution is 5.56. The topological polar surface area (TPSA) is 12.4 Å². The summed E-state index contributed by atoms with van der Waals surface area (Å²) in [5.41, 5.74) is 0. The first-order valence-electron chi connectivity index (χ1n) is 3.45. The third-order valence-corrected chi connectivity index (χ3v) is 1.57. The lowest BCUT2D eigenvalue weighted by molar-refractivity contribution is 0.421. The van der Waals surface area contributed by atoms with Gasteiger partial charge in [-0.2, -0.15) is 0 Å². The second kappa shape index (κ2) is 2.85. The highest BCUT2D eigenvalue weighted by Crippen LogP contribution is 2.21. The molecule has 1 aliphatic carbocycles. The number of aliphatic imine (C=N–C) groups is 1. The quantitative estimate of drug-likeness (QED) is 0.483. The molecule has 46 valence electrons. The van der Waals surface area contributed by atoms with E-state index < -0.39 is 0 Å². The third-order valence-electron chi connectivity index (χ3n) is 1.57. The van der Waals surface area contributed by atoms with Gasteiger partial charge in [-0.1, -0.05) is 6.92 Å². The van der Waals surface area contributed by atoms with E-state index in [1.165, 1.54) is 19.3 Å². The van der Waals surface area contributed by atoms with E-state index in [0.717, 1.165) is 6.42 Å². The minimum atomic E-state index is 0.704. The average molecular weight is 111 g/mol. The van der Waals surface area contributed by atoms with Gasteiger partial charge in [0.25, 0.3) is 0 Å². The molecule has 0 saturated heterocycles. The van der Waals surface area contributed by atoms with Crippen LogP contribution in [0.2, 0.25) is 0 Å². The van der Waals surface area contributed by atoms with Crippen LogP contribution in [0.5, 0.6) is 0 Å². The van der Waals surface area contributed by atoms with Crippen LogP contribution in [0.25, 0.3) is 0 Å². The van der Waals surface area contributed by atoms with E-state index >= 15 is 0 Å². The van der Waals surface area contributed by atoms with Gasteiger partial charge in [0.15, 0.2) is 0 Å². The number of rotatable bonds is 2. The van der Waals surface area contributed by atoms with Crippen molar-refractivity contribution in [2.75, 3.05) is 0 Å². The molecule has 0 aromatic carbocycles. The van der Waals surface area contributed by atoms with Crippen molar-refractivity contribution in [1.82, 2.24) is 0 Å². The molecular weight excluding hydrogens is 98.1 g/mol. The molecule has 1 aliphatic rings. The first-order chi connectivity index (χ1) is 3.93. The molecule has 0 atom stereocenters. The van der Waals surface area contributed by atoms with Gasteiger partial charge in [-0.15, -0.1) is 0 Å². The minimum absolute atomic E-state index is 0.704. The van der Waals surface area contributed by atoms with E-state index in [1.54, 1.807) is 0 Å². The summed E-state index contributed by atoms with van der Waals surface area (Å²) in [6.45, 7) is 2.13. The Morgan fingerprint density at radius 3 is 2.75 bits per heavy atom. The summed E-state index contributed by atoms with van der Waals surface area (Å²) in [5.74, 6) is 0. The van der Waals surface area contributed by atoms with Gasteiger partial charge in [-0.25, -0.2) is 0 Å². The normalized spacial score (nSPS) is 21.6. The maximum Gasteiger partial charge on any atom is 0.0495 e. The van der Waals surface area contributed by atoms with E-state index in [4.69, 9.17) is 0 Å². The molecule has 0 unspecified atom stereocenters. The zero-order valence-electron chi connectivity index (χ0n) is 5.43. The van der Waals surface area contributed by atoms with Crippen molar-refractivity contribution in [2.24, 2.45) is 4.99 Å². The fourth-order valence-electron chi connectivity index (χ4n) is 0.790. The summed E-state index contributed by atoms with van der Waals surface area (Å²) < 4.78 is 0. The zero-order chi connectivity index (χ0) is 5.82. The van der Waals surface area contributed by atoms with E-state index in [-0.39, 0.29) is 0 Å². The molecule has 0 aromatic rings. The van der Waals surface area contributed by atoms with Crippen LogP contribution in [0.4, 0.5) is 0 Å². The highest BCUT2D eigenvalue weighted by Gasteiger charge is 2.13. The van der Waals surface area contributed by atoms with Gasteiger partial charge in [0.2, 0.25) is 0 Å². The summed E-state index contributed by atoms with van der Waals surface area (Å²) in [4.78, 5) is 4.32. The summed E-state index contributed by atoms with van der Waals surface area (Å²) in [6, 6.07) is 0.704. The van der Waals surface area contributed by atoms with Crippen molar-refractivity contribution in [3.05, 3.63) is 0 Å². The number of hydrogen-bond donors (Lipinski definition) is 0. The maximum atomic E-state index is 4.32. The Bertz CT molecular complexity index is 82.4. The van der Waals surface area contributed by atoms with Gasteiger partial charge in [0.05, 0.1) is 0 Å². The first-order valence-corrected chi connectivity index (χ1v) is 3.45. The fraction of sp³-hybridized carbons (Fsp3) is 0.857. The minimum Gasteiger partial charge on any atom is -0.294 e. The molecule has 0 N–H and O–H groups in total. The number of nitrogens with zero attached hydrogens (tertiary/aromatic N) is 1. The Balaban J connectivity index is 2.08. The molecule has 0 radical (unpaired) electrons. The summed E-state index contributed by atoms with van der Waals surface area (Å²) >= 11 is 0. The van der Waals surface area contributed by atoms with Crippen LogP contribution < -0.4 is 0 Å². The second-order valence-electron chi connectivity index (χ2n) is 2.32. The molecule has 0 spiro atoms. The van der Waals surface area contributed by atoms with Crippen LogP contribution in [0.1, 0.15) is 32.6 Å². The first kappa shape index (κ1) is 5.80. The highest BCUT2D eigenvalue weighted by atomic mass is 14.8. The Labute approximate surface area is 50.8 Å². The van der Waals surface area contributed by atoms with Crippen LogP contribution in [-0.4, -0.2) is 12.3 Å². The fourth-order valence-corrected chi connectivity index (χ4v) is 0.790. The van der Waals surface area contributed by atoms with Crippen LogP contribution in [-0.2, 0) is 0 Å². The van der Waals surface area contributed by atoms with E-state index in [1.807, 2.05) is 6.21 Å². The van der Waals surface area contributed by atoms with Gasteiger partial charge >= 0.3 is 0 Å². The monoisotopic (exact) mass is 111 g/mol. The Morgan fingerprint density at radius 1 is 1.62 bits per heavy atom. The molecule has 1 fully saturated rings. The second-order valence-corrected chi connectivity index (χ2v) is 2.32. The Morgan fingerprint density at radius 2 is 2.38 bits per heavy atom. The van der Waals surface area contributed by atoms with Gasteiger partial charge < -0.3 is 0 Å². The molecule has 0 amide bonds. The van der Waals surface area contributed by atoms with Crippen LogP contribution >= 0.6 is 0 Å². The number of hydrogen-bond acceptors (Lipinski definition) is 1. The Hall–Kier alpha value is -0.330. The lowest BCUT2D eigenvalue weighted by Gasteiger charge is -2.20. The predicted octanol–water partition coefficient (Wildman–Crippen LogP) is 2.02. The van der Waals surface area contributed by atoms with E-state index in [2.05, 4.69) is 11.9 Å². The third kappa shape index (κ3) is 1.32. The lowest BCUT2D eigenvalue weighted by Crippen LogP contribution is -2.14. The van der Waals surface area contributed by atoms with Gasteiger partial charge in [-0.05, 0) is 31.9 Å². The summed E-state index contributed by atoms with van der Waals surface area (Å²) in [7, 11) is 0. The molecule has 0 bridgehead atoms. The van der Waals surface area contributed by atoms with Crippen LogP contribution in [0, 0.1) is 0 Å². The van der Waals surface area contributed by atoms with Crippen molar-refractivity contribution in [3.8, 4) is 0 Å². The molecule has 1 saturated carbocycles. The Kier molecular flexibility index (Phi) is 2.07. The standard InChI is InChI=1S/C7H13N/c1-2-6-8-7-4-3-5-7/h6-7H,2-5H2,1H3. The van der Waals surface area contributed by atoms with Crippen molar-refractivity contribution in [2.45, 2.75) is 38.6 Å². The lowest BCUT2D eigenvalue weighted by atomic mass is 9.94. The van der Waals surface area contributed by atoms with Crippen molar-refractivity contribution in [3.63, 3.8) is 0 Å². The molecular formula is C7H13N. The molecule has 1 rings (SSSR count). The van der Waals surface area contributed by atoms with Crippen LogP contribution in [0.15, 0.2) is 4.99 Å². The zero-order valence-corrected chi connectivity index (χ0v) is 5.43. The van der Waals surface area contributed by atoms with E-state index in [0.29, 0.717) is 6.04 Å². The molecule has 0 aromatic heterocycles. The molecule has 0 aliphatic heterocycles. The average Bonchev–Trinajstić information content (AvgIpc) is 1.63. The van der Waals surface area contributed by atoms with Gasteiger partial charge in [0, 0.05) is 6.04 Å². The SMILES string of the molecule is CCC=NC1CCC1. The molecule has 8 heavy (non-hydrogen) atoms. The summed E-state index contributed by atoms with van der Waals surface area (Å²) in [5, 5.41) is 0. The predicted molar refractivity (Wildman–Crippen MR) is 36.4 cm³/mol. The summed E-state index contributed by atoms with van der Waals surface area (Å²) in [6.07, 6.45) is 7.18. The van der Waals surface area contributed by atoms with Crippen molar-refractivity contribution >= 4 is 6.21 Å². The molecule has 1 heteroatoms. The van der Waals surface area contributed by atoms with Crippen molar-refractivity contribution < 1.29 is 0 Å². The van der Waals surface area contributed by atoms with E-state index in [9.17, 15) is 0 Å².